The number of hydrogen-bond donors (Lipinski definition) is 4. The largest absolute Gasteiger partial charge is 0.387 e. The number of nitrogens with one attached hydrogen (secondary N) is 2. The van der Waals surface area contributed by atoms with Crippen molar-refractivity contribution in [2.45, 2.75) is 51.0 Å². The zero-order valence-electron chi connectivity index (χ0n) is 21.4. The Balaban J connectivity index is 1.36. The van der Waals surface area contributed by atoms with Crippen LogP contribution in [-0.2, 0) is 20.8 Å². The number of pyridine rings is 2. The van der Waals surface area contributed by atoms with Crippen molar-refractivity contribution in [2.24, 2.45) is 0 Å². The first-order chi connectivity index (χ1) is 18.9. The maximum atomic E-state index is 12.7. The minimum absolute atomic E-state index is 0.145. The first-order valence-corrected chi connectivity index (χ1v) is 12.6. The smallest absolute Gasteiger partial charge is 0.252 e. The summed E-state index contributed by atoms with van der Waals surface area (Å²) in [6.07, 6.45) is 1.38. The average molecular weight is 533 g/mol. The van der Waals surface area contributed by atoms with Gasteiger partial charge in [-0.3, -0.25) is 19.3 Å². The minimum Gasteiger partial charge on any atom is -0.387 e. The van der Waals surface area contributed by atoms with Crippen molar-refractivity contribution >= 4 is 22.9 Å². The van der Waals surface area contributed by atoms with Gasteiger partial charge in [0.15, 0.2) is 35.1 Å². The molecular formula is C26H28N8O5. The van der Waals surface area contributed by atoms with E-state index in [-0.39, 0.29) is 6.04 Å². The predicted octanol–water partition coefficient (Wildman–Crippen LogP) is 0.646. The van der Waals surface area contributed by atoms with E-state index in [1.807, 2.05) is 32.0 Å². The lowest BCUT2D eigenvalue weighted by Crippen LogP contribution is -2.53. The van der Waals surface area contributed by atoms with Crippen LogP contribution in [0.3, 0.4) is 0 Å². The second kappa shape index (κ2) is 10.3. The summed E-state index contributed by atoms with van der Waals surface area (Å²) in [7, 11) is 0. The van der Waals surface area contributed by atoms with Gasteiger partial charge in [0.2, 0.25) is 0 Å². The maximum absolute atomic E-state index is 12.7. The van der Waals surface area contributed by atoms with Gasteiger partial charge in [0.25, 0.3) is 5.91 Å². The minimum atomic E-state index is -1.44. The Morgan fingerprint density at radius 1 is 1.10 bits per heavy atom. The van der Waals surface area contributed by atoms with E-state index in [0.717, 1.165) is 16.8 Å². The second-order valence-electron chi connectivity index (χ2n) is 9.82. The molecule has 2 aliphatic heterocycles. The highest BCUT2D eigenvalue weighted by Gasteiger charge is 2.48. The van der Waals surface area contributed by atoms with E-state index in [4.69, 9.17) is 19.4 Å². The van der Waals surface area contributed by atoms with Crippen LogP contribution in [0.25, 0.3) is 22.6 Å². The van der Waals surface area contributed by atoms with Crippen molar-refractivity contribution in [3.8, 4) is 11.4 Å². The van der Waals surface area contributed by atoms with Gasteiger partial charge in [0, 0.05) is 24.2 Å². The van der Waals surface area contributed by atoms with Crippen molar-refractivity contribution in [1.29, 1.82) is 0 Å². The number of amides is 1. The van der Waals surface area contributed by atoms with Crippen LogP contribution in [0.1, 0.15) is 23.0 Å². The first kappa shape index (κ1) is 25.2. The molecule has 4 aromatic rings. The Kier molecular flexibility index (Phi) is 6.64. The molecule has 1 amide bonds. The molecule has 2 fully saturated rings. The van der Waals surface area contributed by atoms with E-state index in [2.05, 4.69) is 25.6 Å². The summed E-state index contributed by atoms with van der Waals surface area (Å²) in [4.78, 5) is 35.3. The zero-order valence-corrected chi connectivity index (χ0v) is 21.4. The van der Waals surface area contributed by atoms with Crippen LogP contribution in [0.5, 0.6) is 0 Å². The van der Waals surface area contributed by atoms with Gasteiger partial charge < -0.3 is 30.3 Å². The van der Waals surface area contributed by atoms with Crippen LogP contribution in [0.2, 0.25) is 0 Å². The molecule has 4 atom stereocenters. The van der Waals surface area contributed by atoms with Gasteiger partial charge >= 0.3 is 0 Å². The van der Waals surface area contributed by atoms with E-state index >= 15 is 0 Å². The predicted molar refractivity (Wildman–Crippen MR) is 138 cm³/mol. The van der Waals surface area contributed by atoms with E-state index in [9.17, 15) is 15.0 Å². The first-order valence-electron chi connectivity index (χ1n) is 12.6. The Labute approximate surface area is 223 Å². The van der Waals surface area contributed by atoms with Crippen molar-refractivity contribution < 1.29 is 24.5 Å². The van der Waals surface area contributed by atoms with E-state index < -0.39 is 30.4 Å². The number of aliphatic hydroxyl groups excluding tert-OH is 2. The lowest BCUT2D eigenvalue weighted by molar-refractivity contribution is -0.141. The number of carbonyl (C=O) groups excluding carboxylic acids is 1. The zero-order chi connectivity index (χ0) is 27.1. The van der Waals surface area contributed by atoms with Crippen molar-refractivity contribution in [1.82, 2.24) is 34.8 Å². The number of nitrogens with zero attached hydrogens (tertiary/aromatic N) is 6. The summed E-state index contributed by atoms with van der Waals surface area (Å²) in [6, 6.07) is 5.66. The number of ether oxygens (including phenoxy) is 2. The lowest BCUT2D eigenvalue weighted by Gasteiger charge is -2.28. The SMILES string of the molecule is Cc1cncc(-c2nc(NCc3cc(C)ccn3)c3ncn([C@@H]4O[C@H](C(=O)NC5COC5)[C@@H](O)[C@H]4O)c3n2)c1. The Hall–Kier alpha value is -4.04. The Morgan fingerprint density at radius 2 is 1.95 bits per heavy atom. The second-order valence-corrected chi connectivity index (χ2v) is 9.82. The summed E-state index contributed by atoms with van der Waals surface area (Å²) in [5, 5.41) is 27.6. The molecule has 0 bridgehead atoms. The van der Waals surface area contributed by atoms with Crippen LogP contribution in [-0.4, -0.2) is 83.2 Å². The molecule has 0 aliphatic carbocycles. The summed E-state index contributed by atoms with van der Waals surface area (Å²) < 4.78 is 12.5. The molecule has 0 aromatic carbocycles. The Morgan fingerprint density at radius 3 is 2.69 bits per heavy atom. The fourth-order valence-electron chi connectivity index (χ4n) is 4.61. The van der Waals surface area contributed by atoms with E-state index in [0.29, 0.717) is 48.1 Å². The molecule has 39 heavy (non-hydrogen) atoms. The van der Waals surface area contributed by atoms with Gasteiger partial charge in [-0.2, -0.15) is 0 Å². The quantitative estimate of drug-likeness (QED) is 0.263. The topological polar surface area (TPSA) is 169 Å². The van der Waals surface area contributed by atoms with Crippen LogP contribution < -0.4 is 10.6 Å². The molecule has 6 heterocycles. The molecule has 4 aromatic heterocycles. The summed E-state index contributed by atoms with van der Waals surface area (Å²) in [5.41, 5.74) is 4.31. The number of aromatic nitrogens is 6. The van der Waals surface area contributed by atoms with Crippen molar-refractivity contribution in [3.63, 3.8) is 0 Å². The molecule has 4 N–H and O–H groups in total. The number of fused-ring (bicyclic) bond motifs is 1. The highest BCUT2D eigenvalue weighted by Crippen LogP contribution is 2.34. The number of carbonyl (C=O) groups is 1. The molecule has 0 radical (unpaired) electrons. The van der Waals surface area contributed by atoms with Gasteiger partial charge in [-0.05, 0) is 43.2 Å². The third-order valence-electron chi connectivity index (χ3n) is 6.72. The number of aliphatic hydroxyl groups is 2. The monoisotopic (exact) mass is 532 g/mol. The van der Waals surface area contributed by atoms with Crippen LogP contribution in [0, 0.1) is 13.8 Å². The molecule has 0 unspecified atom stereocenters. The molecule has 6 rings (SSSR count). The third kappa shape index (κ3) is 4.92. The number of rotatable bonds is 7. The van der Waals surface area contributed by atoms with Crippen molar-refractivity contribution in [3.05, 3.63) is 59.9 Å². The fraction of sp³-hybridized carbons (Fsp3) is 0.385. The van der Waals surface area contributed by atoms with Gasteiger partial charge in [-0.15, -0.1) is 0 Å². The highest BCUT2D eigenvalue weighted by molar-refractivity contribution is 5.85. The molecule has 2 saturated heterocycles. The number of hydrogen-bond acceptors (Lipinski definition) is 11. The highest BCUT2D eigenvalue weighted by atomic mass is 16.6. The molecular weight excluding hydrogens is 504 g/mol. The Bertz CT molecular complexity index is 1520. The standard InChI is InChI=1S/C26H28N8O5/c1-13-3-4-28-16(6-13)9-29-23-18-24(33-22(32-23)15-5-14(2)7-27-8-15)34(12-30-18)26-20(36)19(35)21(39-26)25(37)31-17-10-38-11-17/h3-8,12,17,19-21,26,35-36H,9-11H2,1-2H3,(H,31,37)(H,29,32,33)/t19-,20+,21-,26+/m0/s1. The van der Waals surface area contributed by atoms with E-state index in [1.54, 1.807) is 18.6 Å². The van der Waals surface area contributed by atoms with E-state index in [1.165, 1.54) is 10.9 Å². The van der Waals surface area contributed by atoms with Crippen LogP contribution in [0.15, 0.2) is 43.1 Å². The summed E-state index contributed by atoms with van der Waals surface area (Å²) >= 11 is 0. The molecule has 13 nitrogen and oxygen atoms in total. The molecule has 13 heteroatoms. The molecule has 0 spiro atoms. The normalized spacial score (nSPS) is 23.1. The molecule has 2 aliphatic rings. The van der Waals surface area contributed by atoms with Gasteiger partial charge in [-0.25, -0.2) is 15.0 Å². The number of imidazole rings is 1. The number of aryl methyl sites for hydroxylation is 2. The van der Waals surface area contributed by atoms with Gasteiger partial charge in [-0.1, -0.05) is 0 Å². The molecule has 202 valence electrons. The van der Waals surface area contributed by atoms with Crippen LogP contribution in [0.4, 0.5) is 5.82 Å². The summed E-state index contributed by atoms with van der Waals surface area (Å²) in [5.74, 6) is 0.314. The van der Waals surface area contributed by atoms with Crippen molar-refractivity contribution in [2.75, 3.05) is 18.5 Å². The number of anilines is 1. The van der Waals surface area contributed by atoms with Gasteiger partial charge in [0.1, 0.15) is 12.2 Å². The third-order valence-corrected chi connectivity index (χ3v) is 6.72. The van der Waals surface area contributed by atoms with Crippen LogP contribution >= 0.6 is 0 Å². The van der Waals surface area contributed by atoms with Gasteiger partial charge in [0.05, 0.1) is 37.8 Å². The summed E-state index contributed by atoms with van der Waals surface area (Å²) in [6.45, 7) is 5.10. The lowest BCUT2D eigenvalue weighted by atomic mass is 10.1. The molecule has 0 saturated carbocycles. The fourth-order valence-corrected chi connectivity index (χ4v) is 4.61. The maximum Gasteiger partial charge on any atom is 0.252 e. The average Bonchev–Trinajstić information content (AvgIpc) is 3.45.